The molecule has 0 spiro atoms. The van der Waals surface area contributed by atoms with Crippen molar-refractivity contribution in [2.45, 2.75) is 20.0 Å². The number of hydrogen-bond donors (Lipinski definition) is 0. The van der Waals surface area contributed by atoms with E-state index in [1.807, 2.05) is 36.4 Å². The highest BCUT2D eigenvalue weighted by molar-refractivity contribution is 14.1. The van der Waals surface area contributed by atoms with E-state index in [9.17, 15) is 13.2 Å². The maximum atomic E-state index is 12.9. The van der Waals surface area contributed by atoms with Crippen molar-refractivity contribution in [2.75, 3.05) is 0 Å². The molecule has 0 atom stereocenters. The average molecular weight is 391 g/mol. The monoisotopic (exact) mass is 391 g/mol. The van der Waals surface area contributed by atoms with Gasteiger partial charge in [0.2, 0.25) is 0 Å². The first kappa shape index (κ1) is 13.6. The van der Waals surface area contributed by atoms with E-state index in [2.05, 4.69) is 9.97 Å². The van der Waals surface area contributed by atoms with Crippen molar-refractivity contribution in [2.24, 2.45) is 0 Å². The molecule has 0 saturated heterocycles. The molecule has 0 radical (unpaired) electrons. The van der Waals surface area contributed by atoms with Gasteiger partial charge >= 0.3 is 6.18 Å². The normalized spacial score (nSPS) is 12.5. The first-order chi connectivity index (χ1) is 9.29. The van der Waals surface area contributed by atoms with Crippen molar-refractivity contribution < 1.29 is 13.2 Å². The molecule has 3 nitrogen and oxygen atoms in total. The van der Waals surface area contributed by atoms with Crippen LogP contribution in [0, 0.1) is 17.7 Å². The minimum Gasteiger partial charge on any atom is -0.284 e. The Morgan fingerprint density at radius 3 is 2.40 bits per heavy atom. The van der Waals surface area contributed by atoms with Gasteiger partial charge in [0.05, 0.1) is 33.5 Å². The van der Waals surface area contributed by atoms with Crippen molar-refractivity contribution >= 4 is 39.1 Å². The predicted octanol–water partition coefficient (Wildman–Crippen LogP) is 4.12. The zero-order valence-corrected chi connectivity index (χ0v) is 12.7. The Morgan fingerprint density at radius 1 is 1.10 bits per heavy atom. The molecule has 0 N–H and O–H groups in total. The second-order valence-electron chi connectivity index (χ2n) is 4.55. The van der Waals surface area contributed by atoms with Gasteiger partial charge in [0.15, 0.2) is 3.83 Å². The molecule has 0 unspecified atom stereocenters. The summed E-state index contributed by atoms with van der Waals surface area (Å²) in [6.07, 6.45) is -4.37. The fourth-order valence-corrected chi connectivity index (χ4v) is 3.21. The minimum atomic E-state index is -4.37. The van der Waals surface area contributed by atoms with Crippen molar-refractivity contribution in [3.8, 4) is 0 Å². The largest absolute Gasteiger partial charge is 0.416 e. The van der Waals surface area contributed by atoms with Gasteiger partial charge in [-0.2, -0.15) is 13.2 Å². The molecule has 2 aromatic heterocycles. The van der Waals surface area contributed by atoms with E-state index >= 15 is 0 Å². The van der Waals surface area contributed by atoms with Gasteiger partial charge in [0, 0.05) is 22.6 Å². The Balaban J connectivity index is 2.50. The molecule has 0 bridgehead atoms. The van der Waals surface area contributed by atoms with Crippen molar-refractivity contribution in [3.05, 3.63) is 39.0 Å². The second-order valence-corrected chi connectivity index (χ2v) is 5.51. The number of rotatable bonds is 0. The van der Waals surface area contributed by atoms with Gasteiger partial charge < -0.3 is 0 Å². The number of aryl methyl sites for hydroxylation is 2. The Morgan fingerprint density at radius 2 is 1.75 bits per heavy atom. The molecule has 0 fully saturated rings. The smallest absolute Gasteiger partial charge is 0.284 e. The third-order valence-corrected chi connectivity index (χ3v) is 3.91. The van der Waals surface area contributed by atoms with Gasteiger partial charge in [0.1, 0.15) is 0 Å². The number of hydrogen-bond acceptors (Lipinski definition) is 2. The second kappa shape index (κ2) is 4.31. The molecule has 1 aromatic carbocycles. The van der Waals surface area contributed by atoms with E-state index in [-0.39, 0.29) is 0 Å². The molecule has 0 saturated carbocycles. The van der Waals surface area contributed by atoms with Crippen LogP contribution in [0.3, 0.4) is 0 Å². The van der Waals surface area contributed by atoms with Gasteiger partial charge in [0.25, 0.3) is 0 Å². The molecule has 0 aliphatic carbocycles. The number of halogens is 4. The quantitative estimate of drug-likeness (QED) is 0.540. The number of alkyl halides is 3. The van der Waals surface area contributed by atoms with E-state index in [0.29, 0.717) is 14.9 Å². The molecule has 0 aliphatic rings. The van der Waals surface area contributed by atoms with Crippen LogP contribution in [0.15, 0.2) is 18.2 Å². The van der Waals surface area contributed by atoms with Crippen LogP contribution in [0.5, 0.6) is 0 Å². The van der Waals surface area contributed by atoms with Gasteiger partial charge in [-0.15, -0.1) is 0 Å². The Hall–Kier alpha value is -1.38. The number of fused-ring (bicyclic) bond motifs is 3. The highest BCUT2D eigenvalue weighted by Gasteiger charge is 2.31. The summed E-state index contributed by atoms with van der Waals surface area (Å²) in [5.41, 5.74) is 2.55. The first-order valence-electron chi connectivity index (χ1n) is 5.81. The molecule has 0 aliphatic heterocycles. The lowest BCUT2D eigenvalue weighted by atomic mass is 10.1. The summed E-state index contributed by atoms with van der Waals surface area (Å²) in [4.78, 5) is 8.69. The summed E-state index contributed by atoms with van der Waals surface area (Å²) < 4.78 is 40.9. The highest BCUT2D eigenvalue weighted by Crippen LogP contribution is 2.32. The standard InChI is InChI=1S/C13H9F3IN3/c1-6-11-7(2)19-12(17)20(11)10-5-8(13(14,15)16)3-4-9(10)18-6/h3-5H,1-2H3. The van der Waals surface area contributed by atoms with Crippen LogP contribution in [0.2, 0.25) is 0 Å². The number of imidazole rings is 1. The van der Waals surface area contributed by atoms with E-state index in [1.54, 1.807) is 4.40 Å². The molecule has 7 heteroatoms. The molecular weight excluding hydrogens is 382 g/mol. The maximum absolute atomic E-state index is 12.9. The Labute approximate surface area is 126 Å². The van der Waals surface area contributed by atoms with Gasteiger partial charge in [-0.25, -0.2) is 9.97 Å². The minimum absolute atomic E-state index is 0.422. The van der Waals surface area contributed by atoms with Crippen LogP contribution in [-0.2, 0) is 6.18 Å². The predicted molar refractivity (Wildman–Crippen MR) is 77.7 cm³/mol. The molecule has 0 amide bonds. The summed E-state index contributed by atoms with van der Waals surface area (Å²) in [6.45, 7) is 3.66. The SMILES string of the molecule is Cc1nc(I)n2c1c(C)nc1ccc(C(F)(F)F)cc12. The fourth-order valence-electron chi connectivity index (χ4n) is 2.35. The lowest BCUT2D eigenvalue weighted by Crippen LogP contribution is -2.06. The first-order valence-corrected chi connectivity index (χ1v) is 6.89. The van der Waals surface area contributed by atoms with Crippen LogP contribution in [0.25, 0.3) is 16.6 Å². The number of aromatic nitrogens is 3. The average Bonchev–Trinajstić information content (AvgIpc) is 2.64. The lowest BCUT2D eigenvalue weighted by molar-refractivity contribution is -0.137. The summed E-state index contributed by atoms with van der Waals surface area (Å²) in [7, 11) is 0. The van der Waals surface area contributed by atoms with E-state index in [0.717, 1.165) is 29.0 Å². The van der Waals surface area contributed by atoms with Crippen LogP contribution in [-0.4, -0.2) is 14.4 Å². The van der Waals surface area contributed by atoms with Crippen molar-refractivity contribution in [3.63, 3.8) is 0 Å². The Kier molecular flexibility index (Phi) is 2.93. The van der Waals surface area contributed by atoms with E-state index in [4.69, 9.17) is 0 Å². The zero-order valence-electron chi connectivity index (χ0n) is 10.6. The fraction of sp³-hybridized carbons (Fsp3) is 0.231. The molecule has 104 valence electrons. The van der Waals surface area contributed by atoms with Crippen LogP contribution in [0.1, 0.15) is 17.0 Å². The Bertz CT molecular complexity index is 836. The summed E-state index contributed by atoms with van der Waals surface area (Å²) in [6, 6.07) is 3.57. The van der Waals surface area contributed by atoms with Gasteiger partial charge in [-0.3, -0.25) is 4.40 Å². The third kappa shape index (κ3) is 1.95. The zero-order chi connectivity index (χ0) is 14.7. The van der Waals surface area contributed by atoms with Crippen LogP contribution in [0.4, 0.5) is 13.2 Å². The lowest BCUT2D eigenvalue weighted by Gasteiger charge is -2.10. The molecular formula is C13H9F3IN3. The van der Waals surface area contributed by atoms with Crippen LogP contribution >= 0.6 is 22.6 Å². The summed E-state index contributed by atoms with van der Waals surface area (Å²) >= 11 is 2.02. The van der Waals surface area contributed by atoms with E-state index in [1.165, 1.54) is 6.07 Å². The molecule has 3 rings (SSSR count). The summed E-state index contributed by atoms with van der Waals surface area (Å²) in [5.74, 6) is 0. The van der Waals surface area contributed by atoms with Crippen LogP contribution < -0.4 is 0 Å². The van der Waals surface area contributed by atoms with Gasteiger partial charge in [-0.1, -0.05) is 0 Å². The van der Waals surface area contributed by atoms with Gasteiger partial charge in [-0.05, 0) is 32.0 Å². The summed E-state index contributed by atoms with van der Waals surface area (Å²) in [5, 5.41) is 0. The van der Waals surface area contributed by atoms with E-state index < -0.39 is 11.7 Å². The number of nitrogens with zero attached hydrogens (tertiary/aromatic N) is 3. The van der Waals surface area contributed by atoms with Crippen molar-refractivity contribution in [1.29, 1.82) is 0 Å². The van der Waals surface area contributed by atoms with Crippen molar-refractivity contribution in [1.82, 2.24) is 14.4 Å². The molecule has 2 heterocycles. The maximum Gasteiger partial charge on any atom is 0.416 e. The highest BCUT2D eigenvalue weighted by atomic mass is 127. The molecule has 3 aromatic rings. The molecule has 20 heavy (non-hydrogen) atoms. The number of benzene rings is 1. The third-order valence-electron chi connectivity index (χ3n) is 3.19. The topological polar surface area (TPSA) is 30.2 Å².